The van der Waals surface area contributed by atoms with Crippen LogP contribution in [0.4, 0.5) is 0 Å². The Morgan fingerprint density at radius 3 is 2.35 bits per heavy atom. The molecule has 114 valence electrons. The molecule has 0 radical (unpaired) electrons. The second-order valence-corrected chi connectivity index (χ2v) is 7.38. The quantitative estimate of drug-likeness (QED) is 0.809. The van der Waals surface area contributed by atoms with E-state index in [2.05, 4.69) is 31.1 Å². The van der Waals surface area contributed by atoms with Crippen LogP contribution in [0.3, 0.4) is 0 Å². The molecule has 0 atom stereocenters. The van der Waals surface area contributed by atoms with Crippen LogP contribution in [0.1, 0.15) is 57.3 Å². The van der Waals surface area contributed by atoms with E-state index in [-0.39, 0.29) is 5.41 Å². The molecule has 0 saturated heterocycles. The number of aliphatic carboxylic acids is 1. The lowest BCUT2D eigenvalue weighted by molar-refractivity contribution is -0.149. The van der Waals surface area contributed by atoms with Crippen LogP contribution in [0, 0.1) is 5.41 Å². The van der Waals surface area contributed by atoms with Gasteiger partial charge in [0.2, 0.25) is 0 Å². The molecule has 1 rings (SSSR count). The molecule has 1 aromatic heterocycles. The predicted molar refractivity (Wildman–Crippen MR) is 83.2 cm³/mol. The van der Waals surface area contributed by atoms with Crippen molar-refractivity contribution >= 4 is 17.3 Å². The van der Waals surface area contributed by atoms with Gasteiger partial charge < -0.3 is 10.4 Å². The van der Waals surface area contributed by atoms with Crippen LogP contribution < -0.4 is 5.32 Å². The third-order valence-corrected chi connectivity index (χ3v) is 5.26. The second-order valence-electron chi connectivity index (χ2n) is 6.26. The first-order valence-electron chi connectivity index (χ1n) is 7.14. The summed E-state index contributed by atoms with van der Waals surface area (Å²) in [7, 11) is 0. The molecule has 2 N–H and O–H groups in total. The molecule has 0 spiro atoms. The molecule has 0 saturated carbocycles. The zero-order valence-electron chi connectivity index (χ0n) is 13.1. The van der Waals surface area contributed by atoms with E-state index in [1.807, 2.05) is 20.0 Å². The summed E-state index contributed by atoms with van der Waals surface area (Å²) in [5.41, 5.74) is -0.544. The van der Waals surface area contributed by atoms with Crippen molar-refractivity contribution in [1.29, 1.82) is 0 Å². The van der Waals surface area contributed by atoms with Gasteiger partial charge in [-0.15, -0.1) is 11.3 Å². The topological polar surface area (TPSA) is 62.2 Å². The van der Waals surface area contributed by atoms with E-state index in [1.165, 1.54) is 4.88 Å². The molecule has 0 aliphatic rings. The van der Waals surface area contributed by atoms with Gasteiger partial charge in [0.1, 0.15) is 5.01 Å². The maximum absolute atomic E-state index is 11.4. The van der Waals surface area contributed by atoms with E-state index in [1.54, 1.807) is 11.3 Å². The fourth-order valence-electron chi connectivity index (χ4n) is 2.03. The van der Waals surface area contributed by atoms with E-state index in [0.717, 1.165) is 5.01 Å². The number of aromatic nitrogens is 1. The number of nitrogens with zero attached hydrogens (tertiary/aromatic N) is 1. The summed E-state index contributed by atoms with van der Waals surface area (Å²) in [4.78, 5) is 17.1. The van der Waals surface area contributed by atoms with Crippen LogP contribution in [0.5, 0.6) is 0 Å². The van der Waals surface area contributed by atoms with Gasteiger partial charge in [-0.2, -0.15) is 0 Å². The third kappa shape index (κ3) is 4.03. The van der Waals surface area contributed by atoms with Crippen molar-refractivity contribution in [1.82, 2.24) is 10.3 Å². The molecule has 1 aromatic rings. The molecule has 20 heavy (non-hydrogen) atoms. The number of nitrogens with one attached hydrogen (secondary N) is 1. The first kappa shape index (κ1) is 17.1. The van der Waals surface area contributed by atoms with Crippen LogP contribution in [0.15, 0.2) is 6.20 Å². The van der Waals surface area contributed by atoms with E-state index in [0.29, 0.717) is 25.9 Å². The largest absolute Gasteiger partial charge is 0.481 e. The Labute approximate surface area is 125 Å². The zero-order valence-corrected chi connectivity index (χ0v) is 13.9. The molecule has 0 fully saturated rings. The first-order valence-corrected chi connectivity index (χ1v) is 7.96. The maximum atomic E-state index is 11.4. The van der Waals surface area contributed by atoms with Crippen LogP contribution >= 0.6 is 11.3 Å². The summed E-state index contributed by atoms with van der Waals surface area (Å²) < 4.78 is 0. The van der Waals surface area contributed by atoms with Crippen molar-refractivity contribution in [2.75, 3.05) is 6.54 Å². The van der Waals surface area contributed by atoms with Crippen molar-refractivity contribution in [3.05, 3.63) is 16.1 Å². The van der Waals surface area contributed by atoms with Gasteiger partial charge in [-0.3, -0.25) is 4.79 Å². The number of hydrogen-bond acceptors (Lipinski definition) is 4. The minimum Gasteiger partial charge on any atom is -0.481 e. The monoisotopic (exact) mass is 298 g/mol. The van der Waals surface area contributed by atoms with Gasteiger partial charge in [-0.1, -0.05) is 34.6 Å². The molecule has 1 heterocycles. The number of carboxylic acids is 1. The van der Waals surface area contributed by atoms with Crippen molar-refractivity contribution in [3.63, 3.8) is 0 Å². The van der Waals surface area contributed by atoms with Crippen LogP contribution in [0.25, 0.3) is 0 Å². The van der Waals surface area contributed by atoms with Crippen molar-refractivity contribution < 1.29 is 9.90 Å². The standard InChI is InChI=1S/C15H26N2O2S/c1-6-15(7-2,13(18)19)10-16-9-12-17-8-11(20-12)14(3,4)5/h8,16H,6-7,9-10H2,1-5H3,(H,18,19). The summed E-state index contributed by atoms with van der Waals surface area (Å²) in [5, 5.41) is 13.7. The Kier molecular flexibility index (Phi) is 5.71. The molecule has 0 aliphatic heterocycles. The Bertz CT molecular complexity index is 445. The average Bonchev–Trinajstić information content (AvgIpc) is 2.83. The SMILES string of the molecule is CCC(CC)(CNCc1ncc(C(C)(C)C)s1)C(=O)O. The summed E-state index contributed by atoms with van der Waals surface area (Å²) in [6.45, 7) is 11.5. The minimum absolute atomic E-state index is 0.119. The highest BCUT2D eigenvalue weighted by molar-refractivity contribution is 7.11. The Balaban J connectivity index is 2.60. The van der Waals surface area contributed by atoms with E-state index in [9.17, 15) is 9.90 Å². The molecule has 0 amide bonds. The fraction of sp³-hybridized carbons (Fsp3) is 0.733. The van der Waals surface area contributed by atoms with Gasteiger partial charge in [0.05, 0.1) is 5.41 Å². The van der Waals surface area contributed by atoms with Crippen LogP contribution in [-0.4, -0.2) is 22.6 Å². The van der Waals surface area contributed by atoms with E-state index in [4.69, 9.17) is 0 Å². The Morgan fingerprint density at radius 2 is 1.95 bits per heavy atom. The lowest BCUT2D eigenvalue weighted by Crippen LogP contribution is -2.39. The summed E-state index contributed by atoms with van der Waals surface area (Å²) in [6, 6.07) is 0. The lowest BCUT2D eigenvalue weighted by Gasteiger charge is -2.26. The molecule has 0 unspecified atom stereocenters. The van der Waals surface area contributed by atoms with Crippen LogP contribution in [-0.2, 0) is 16.8 Å². The minimum atomic E-state index is -0.718. The normalized spacial score (nSPS) is 12.7. The molecular weight excluding hydrogens is 272 g/mol. The Hall–Kier alpha value is -0.940. The highest BCUT2D eigenvalue weighted by Crippen LogP contribution is 2.28. The smallest absolute Gasteiger partial charge is 0.310 e. The van der Waals surface area contributed by atoms with Gasteiger partial charge in [-0.25, -0.2) is 4.98 Å². The van der Waals surface area contributed by atoms with Gasteiger partial charge >= 0.3 is 5.97 Å². The van der Waals surface area contributed by atoms with Gasteiger partial charge in [-0.05, 0) is 18.3 Å². The molecule has 0 bridgehead atoms. The van der Waals surface area contributed by atoms with Gasteiger partial charge in [0.15, 0.2) is 0 Å². The molecule has 4 nitrogen and oxygen atoms in total. The summed E-state index contributed by atoms with van der Waals surface area (Å²) in [6.07, 6.45) is 3.19. The Morgan fingerprint density at radius 1 is 1.35 bits per heavy atom. The summed E-state index contributed by atoms with van der Waals surface area (Å²) >= 11 is 1.69. The van der Waals surface area contributed by atoms with E-state index >= 15 is 0 Å². The highest BCUT2D eigenvalue weighted by atomic mass is 32.1. The van der Waals surface area contributed by atoms with Crippen molar-refractivity contribution in [2.24, 2.45) is 5.41 Å². The van der Waals surface area contributed by atoms with Crippen LogP contribution in [0.2, 0.25) is 0 Å². The highest BCUT2D eigenvalue weighted by Gasteiger charge is 2.34. The third-order valence-electron chi connectivity index (χ3n) is 3.84. The maximum Gasteiger partial charge on any atom is 0.310 e. The number of carboxylic acid groups (broad SMARTS) is 1. The van der Waals surface area contributed by atoms with Gasteiger partial charge in [0.25, 0.3) is 0 Å². The molecule has 0 aromatic carbocycles. The average molecular weight is 298 g/mol. The lowest BCUT2D eigenvalue weighted by atomic mass is 9.82. The number of hydrogen-bond donors (Lipinski definition) is 2. The summed E-state index contributed by atoms with van der Waals surface area (Å²) in [5.74, 6) is -0.718. The van der Waals surface area contributed by atoms with E-state index < -0.39 is 11.4 Å². The molecular formula is C15H26N2O2S. The fourth-order valence-corrected chi connectivity index (χ4v) is 2.97. The number of rotatable bonds is 7. The predicted octanol–water partition coefficient (Wildman–Crippen LogP) is 3.42. The number of thiazole rings is 1. The van der Waals surface area contributed by atoms with Gasteiger partial charge in [0, 0.05) is 24.2 Å². The first-order chi connectivity index (χ1) is 9.25. The molecule has 5 heteroatoms. The molecule has 0 aliphatic carbocycles. The van der Waals surface area contributed by atoms with Crippen molar-refractivity contribution in [2.45, 2.75) is 59.4 Å². The number of carbonyl (C=O) groups is 1. The zero-order chi connectivity index (χ0) is 15.4. The second kappa shape index (κ2) is 6.68. The van der Waals surface area contributed by atoms with Crippen molar-refractivity contribution in [3.8, 4) is 0 Å².